The number of carbonyl (C=O) groups is 1. The van der Waals surface area contributed by atoms with E-state index in [1.807, 2.05) is 47.0 Å². The summed E-state index contributed by atoms with van der Waals surface area (Å²) < 4.78 is 1.88. The molecule has 3 aromatic rings. The van der Waals surface area contributed by atoms with Gasteiger partial charge in [0.25, 0.3) is 5.91 Å². The number of amides is 1. The van der Waals surface area contributed by atoms with Crippen LogP contribution in [0.25, 0.3) is 16.8 Å². The van der Waals surface area contributed by atoms with E-state index in [4.69, 9.17) is 0 Å². The van der Waals surface area contributed by atoms with Gasteiger partial charge in [-0.3, -0.25) is 9.20 Å². The van der Waals surface area contributed by atoms with Gasteiger partial charge in [-0.15, -0.1) is 10.2 Å². The van der Waals surface area contributed by atoms with Crippen LogP contribution < -0.4 is 5.32 Å². The molecule has 5 heteroatoms. The van der Waals surface area contributed by atoms with Crippen molar-refractivity contribution in [1.29, 1.82) is 0 Å². The molecule has 1 N–H and O–H groups in total. The van der Waals surface area contributed by atoms with Gasteiger partial charge in [0, 0.05) is 17.8 Å². The molecule has 104 valence electrons. The molecule has 2 aromatic heterocycles. The summed E-state index contributed by atoms with van der Waals surface area (Å²) in [6.07, 6.45) is 5.86. The van der Waals surface area contributed by atoms with Gasteiger partial charge in [0.15, 0.2) is 5.65 Å². The largest absolute Gasteiger partial charge is 0.349 e. The second-order valence-electron chi connectivity index (χ2n) is 5.34. The van der Waals surface area contributed by atoms with Crippen molar-refractivity contribution in [2.24, 2.45) is 0 Å². The first-order valence-corrected chi connectivity index (χ1v) is 7.00. The van der Waals surface area contributed by atoms with Crippen LogP contribution in [-0.2, 0) is 0 Å². The summed E-state index contributed by atoms with van der Waals surface area (Å²) in [4.78, 5) is 12.0. The smallest absolute Gasteiger partial charge is 0.251 e. The van der Waals surface area contributed by atoms with Crippen LogP contribution in [0.4, 0.5) is 0 Å². The van der Waals surface area contributed by atoms with Gasteiger partial charge in [0.2, 0.25) is 0 Å². The lowest BCUT2D eigenvalue weighted by molar-refractivity contribution is 0.0951. The Labute approximate surface area is 121 Å². The van der Waals surface area contributed by atoms with Crippen LogP contribution in [-0.4, -0.2) is 26.5 Å². The summed E-state index contributed by atoms with van der Waals surface area (Å²) >= 11 is 0. The lowest BCUT2D eigenvalue weighted by Gasteiger charge is -2.06. The second kappa shape index (κ2) is 4.70. The molecule has 0 unspecified atom stereocenters. The van der Waals surface area contributed by atoms with Crippen LogP contribution in [0.3, 0.4) is 0 Å². The second-order valence-corrected chi connectivity index (χ2v) is 5.34. The predicted molar refractivity (Wildman–Crippen MR) is 78.9 cm³/mol. The molecule has 0 saturated heterocycles. The number of fused-ring (bicyclic) bond motifs is 1. The number of aromatic nitrogens is 3. The topological polar surface area (TPSA) is 59.3 Å². The standard InChI is InChI=1S/C16H14N4O/c21-16(18-14-6-7-14)12-3-1-11(2-4-12)13-5-8-15-19-17-10-20(15)9-13/h1-5,8-10,14H,6-7H2,(H,18,21). The zero-order valence-electron chi connectivity index (χ0n) is 11.4. The Morgan fingerprint density at radius 1 is 1.10 bits per heavy atom. The predicted octanol–water partition coefficient (Wildman–Crippen LogP) is 2.29. The first-order valence-electron chi connectivity index (χ1n) is 7.00. The number of rotatable bonds is 3. The highest BCUT2D eigenvalue weighted by atomic mass is 16.1. The Morgan fingerprint density at radius 2 is 1.86 bits per heavy atom. The van der Waals surface area contributed by atoms with Gasteiger partial charge in [-0.25, -0.2) is 0 Å². The SMILES string of the molecule is O=C(NC1CC1)c1ccc(-c2ccc3nncn3c2)cc1. The number of hydrogen-bond donors (Lipinski definition) is 1. The Balaban J connectivity index is 1.61. The molecule has 0 aliphatic heterocycles. The number of hydrogen-bond acceptors (Lipinski definition) is 3. The summed E-state index contributed by atoms with van der Waals surface area (Å²) in [7, 11) is 0. The van der Waals surface area contributed by atoms with Crippen molar-refractivity contribution in [1.82, 2.24) is 19.9 Å². The third-order valence-electron chi connectivity index (χ3n) is 3.68. The maximum absolute atomic E-state index is 12.0. The third kappa shape index (κ3) is 2.38. The Kier molecular flexibility index (Phi) is 2.70. The number of pyridine rings is 1. The van der Waals surface area contributed by atoms with E-state index in [2.05, 4.69) is 15.5 Å². The highest BCUT2D eigenvalue weighted by Gasteiger charge is 2.23. The highest BCUT2D eigenvalue weighted by molar-refractivity contribution is 5.95. The number of carbonyl (C=O) groups excluding carboxylic acids is 1. The number of nitrogens with one attached hydrogen (secondary N) is 1. The van der Waals surface area contributed by atoms with Gasteiger partial charge in [-0.2, -0.15) is 0 Å². The van der Waals surface area contributed by atoms with E-state index >= 15 is 0 Å². The minimum absolute atomic E-state index is 0.0123. The van der Waals surface area contributed by atoms with E-state index < -0.39 is 0 Å². The van der Waals surface area contributed by atoms with E-state index in [-0.39, 0.29) is 5.91 Å². The molecule has 1 aromatic carbocycles. The fourth-order valence-electron chi connectivity index (χ4n) is 2.31. The van der Waals surface area contributed by atoms with E-state index in [0.717, 1.165) is 29.6 Å². The van der Waals surface area contributed by atoms with Crippen LogP contribution in [0.5, 0.6) is 0 Å². The van der Waals surface area contributed by atoms with Gasteiger partial charge in [0.05, 0.1) is 0 Å². The van der Waals surface area contributed by atoms with Crippen LogP contribution in [0.1, 0.15) is 23.2 Å². The number of benzene rings is 1. The van der Waals surface area contributed by atoms with Gasteiger partial charge >= 0.3 is 0 Å². The fourth-order valence-corrected chi connectivity index (χ4v) is 2.31. The first-order chi connectivity index (χ1) is 10.3. The molecular formula is C16H14N4O. The van der Waals surface area contributed by atoms with E-state index in [1.54, 1.807) is 6.33 Å². The van der Waals surface area contributed by atoms with Crippen molar-refractivity contribution < 1.29 is 4.79 Å². The molecule has 4 rings (SSSR count). The minimum Gasteiger partial charge on any atom is -0.349 e. The van der Waals surface area contributed by atoms with Gasteiger partial charge in [-0.05, 0) is 48.2 Å². The van der Waals surface area contributed by atoms with E-state index in [0.29, 0.717) is 11.6 Å². The molecule has 1 fully saturated rings. The van der Waals surface area contributed by atoms with Crippen LogP contribution in [0, 0.1) is 0 Å². The molecule has 0 spiro atoms. The summed E-state index contributed by atoms with van der Waals surface area (Å²) in [5, 5.41) is 10.8. The molecule has 0 bridgehead atoms. The first kappa shape index (κ1) is 12.1. The quantitative estimate of drug-likeness (QED) is 0.799. The van der Waals surface area contributed by atoms with E-state index in [9.17, 15) is 4.79 Å². The minimum atomic E-state index is 0.0123. The van der Waals surface area contributed by atoms with Crippen LogP contribution >= 0.6 is 0 Å². The Bertz CT molecular complexity index is 803. The van der Waals surface area contributed by atoms with Crippen molar-refractivity contribution in [3.8, 4) is 11.1 Å². The van der Waals surface area contributed by atoms with Gasteiger partial charge in [0.1, 0.15) is 6.33 Å². The Morgan fingerprint density at radius 3 is 2.62 bits per heavy atom. The van der Waals surface area contributed by atoms with Crippen molar-refractivity contribution >= 4 is 11.6 Å². The third-order valence-corrected chi connectivity index (χ3v) is 3.68. The molecular weight excluding hydrogens is 264 g/mol. The van der Waals surface area contributed by atoms with Gasteiger partial charge in [-0.1, -0.05) is 12.1 Å². The lowest BCUT2D eigenvalue weighted by Crippen LogP contribution is -2.25. The molecule has 0 atom stereocenters. The molecule has 0 radical (unpaired) electrons. The molecule has 1 amide bonds. The monoisotopic (exact) mass is 278 g/mol. The molecule has 1 saturated carbocycles. The molecule has 21 heavy (non-hydrogen) atoms. The maximum Gasteiger partial charge on any atom is 0.251 e. The van der Waals surface area contributed by atoms with Crippen molar-refractivity contribution in [3.05, 3.63) is 54.5 Å². The summed E-state index contributed by atoms with van der Waals surface area (Å²) in [5.74, 6) is 0.0123. The molecule has 5 nitrogen and oxygen atoms in total. The van der Waals surface area contributed by atoms with Crippen LogP contribution in [0.2, 0.25) is 0 Å². The molecule has 1 aliphatic rings. The maximum atomic E-state index is 12.0. The molecule has 1 aliphatic carbocycles. The van der Waals surface area contributed by atoms with E-state index in [1.165, 1.54) is 0 Å². The fraction of sp³-hybridized carbons (Fsp3) is 0.188. The zero-order chi connectivity index (χ0) is 14.2. The van der Waals surface area contributed by atoms with Crippen LogP contribution in [0.15, 0.2) is 48.9 Å². The summed E-state index contributed by atoms with van der Waals surface area (Å²) in [6.45, 7) is 0. The zero-order valence-corrected chi connectivity index (χ0v) is 11.4. The Hall–Kier alpha value is -2.69. The average Bonchev–Trinajstić information content (AvgIpc) is 3.21. The van der Waals surface area contributed by atoms with Gasteiger partial charge < -0.3 is 5.32 Å². The summed E-state index contributed by atoms with van der Waals surface area (Å²) in [6, 6.07) is 12.0. The van der Waals surface area contributed by atoms with Crippen molar-refractivity contribution in [2.45, 2.75) is 18.9 Å². The number of nitrogens with zero attached hydrogens (tertiary/aromatic N) is 3. The molecule has 2 heterocycles. The lowest BCUT2D eigenvalue weighted by atomic mass is 10.1. The van der Waals surface area contributed by atoms with Crippen molar-refractivity contribution in [2.75, 3.05) is 0 Å². The summed E-state index contributed by atoms with van der Waals surface area (Å²) in [5.41, 5.74) is 3.65. The average molecular weight is 278 g/mol. The van der Waals surface area contributed by atoms with Crippen molar-refractivity contribution in [3.63, 3.8) is 0 Å². The highest BCUT2D eigenvalue weighted by Crippen LogP contribution is 2.22. The normalized spacial score (nSPS) is 14.3.